The zero-order valence-electron chi connectivity index (χ0n) is 20.0. The summed E-state index contributed by atoms with van der Waals surface area (Å²) in [6.07, 6.45) is 2.85. The predicted molar refractivity (Wildman–Crippen MR) is 132 cm³/mol. The first-order valence-corrected chi connectivity index (χ1v) is 12.8. The fourth-order valence-corrected chi connectivity index (χ4v) is 6.49. The highest BCUT2D eigenvalue weighted by molar-refractivity contribution is 7.93. The van der Waals surface area contributed by atoms with E-state index in [1.54, 1.807) is 32.0 Å². The minimum Gasteiger partial charge on any atom is -0.386 e. The van der Waals surface area contributed by atoms with Crippen molar-refractivity contribution in [3.05, 3.63) is 94.3 Å². The molecule has 9 heteroatoms. The Balaban J connectivity index is 1.74. The number of ketones is 1. The van der Waals surface area contributed by atoms with Crippen molar-refractivity contribution >= 4 is 21.5 Å². The van der Waals surface area contributed by atoms with E-state index in [0.29, 0.717) is 16.8 Å². The van der Waals surface area contributed by atoms with Crippen LogP contribution in [0.1, 0.15) is 52.3 Å². The molecule has 0 unspecified atom stereocenters. The lowest BCUT2D eigenvalue weighted by Crippen LogP contribution is -2.54. The van der Waals surface area contributed by atoms with Gasteiger partial charge in [0.15, 0.2) is 20.4 Å². The van der Waals surface area contributed by atoms with Gasteiger partial charge in [-0.1, -0.05) is 35.9 Å². The summed E-state index contributed by atoms with van der Waals surface area (Å²) in [4.78, 5) is 25.4. The van der Waals surface area contributed by atoms with Crippen molar-refractivity contribution < 1.29 is 17.6 Å². The molecule has 0 aliphatic carbocycles. The molecule has 1 aliphatic rings. The lowest BCUT2D eigenvalue weighted by atomic mass is 9.89. The number of aromatic nitrogens is 2. The molecule has 0 radical (unpaired) electrons. The van der Waals surface area contributed by atoms with Crippen LogP contribution in [0.15, 0.2) is 59.9 Å². The molecule has 2 N–H and O–H groups in total. The molecule has 2 aromatic carbocycles. The van der Waals surface area contributed by atoms with Crippen LogP contribution in [0.3, 0.4) is 0 Å². The van der Waals surface area contributed by atoms with Gasteiger partial charge < -0.3 is 5.73 Å². The molecule has 0 fully saturated rings. The second-order valence-corrected chi connectivity index (χ2v) is 11.7. The summed E-state index contributed by atoms with van der Waals surface area (Å²) >= 11 is 0. The third-order valence-electron chi connectivity index (χ3n) is 6.56. The van der Waals surface area contributed by atoms with E-state index in [1.807, 2.05) is 13.0 Å². The number of carbonyl (C=O) groups excluding carboxylic acids is 1. The molecule has 2 heterocycles. The van der Waals surface area contributed by atoms with Gasteiger partial charge in [0.05, 0.1) is 17.6 Å². The van der Waals surface area contributed by atoms with E-state index in [2.05, 4.69) is 15.0 Å². The van der Waals surface area contributed by atoms with Gasteiger partial charge in [-0.05, 0) is 51.0 Å². The molecule has 0 saturated heterocycles. The van der Waals surface area contributed by atoms with E-state index in [1.165, 1.54) is 37.5 Å². The van der Waals surface area contributed by atoms with Gasteiger partial charge in [-0.25, -0.2) is 17.8 Å². The van der Waals surface area contributed by atoms with Crippen LogP contribution < -0.4 is 5.73 Å². The molecule has 35 heavy (non-hydrogen) atoms. The smallest absolute Gasteiger partial charge is 0.187 e. The number of Topliss-reactive ketones (excluding diaryl/α,β-unsaturated/α-hetero) is 1. The lowest BCUT2D eigenvalue weighted by molar-refractivity contribution is 0.0987. The third kappa shape index (κ3) is 4.36. The van der Waals surface area contributed by atoms with Crippen LogP contribution in [0.5, 0.6) is 0 Å². The minimum atomic E-state index is -3.91. The number of nitrogens with zero attached hydrogens (tertiary/aromatic N) is 3. The molecule has 7 nitrogen and oxygen atoms in total. The average molecular weight is 495 g/mol. The highest BCUT2D eigenvalue weighted by Gasteiger charge is 2.53. The van der Waals surface area contributed by atoms with Crippen LogP contribution in [0.2, 0.25) is 0 Å². The fourth-order valence-electron chi connectivity index (χ4n) is 4.39. The van der Waals surface area contributed by atoms with Crippen molar-refractivity contribution in [1.29, 1.82) is 0 Å². The largest absolute Gasteiger partial charge is 0.386 e. The molecule has 1 aliphatic heterocycles. The van der Waals surface area contributed by atoms with Crippen molar-refractivity contribution in [3.63, 3.8) is 0 Å². The molecule has 0 bridgehead atoms. The molecule has 4 rings (SSSR count). The van der Waals surface area contributed by atoms with Gasteiger partial charge in [-0.15, -0.1) is 0 Å². The van der Waals surface area contributed by atoms with Gasteiger partial charge in [0, 0.05) is 18.2 Å². The van der Waals surface area contributed by atoms with Gasteiger partial charge in [0.2, 0.25) is 0 Å². The monoisotopic (exact) mass is 494 g/mol. The highest BCUT2D eigenvalue weighted by atomic mass is 32.2. The van der Waals surface area contributed by atoms with Gasteiger partial charge in [-0.2, -0.15) is 0 Å². The Hall–Kier alpha value is -3.46. The summed E-state index contributed by atoms with van der Waals surface area (Å²) < 4.78 is 40.8. The molecule has 0 spiro atoms. The Labute approximate surface area is 204 Å². The maximum absolute atomic E-state index is 15.0. The summed E-state index contributed by atoms with van der Waals surface area (Å²) in [6.45, 7) is 6.71. The van der Waals surface area contributed by atoms with Crippen molar-refractivity contribution in [3.8, 4) is 0 Å². The van der Waals surface area contributed by atoms with Crippen molar-refractivity contribution in [2.24, 2.45) is 10.7 Å². The van der Waals surface area contributed by atoms with Crippen molar-refractivity contribution in [1.82, 2.24) is 9.97 Å². The first-order chi connectivity index (χ1) is 16.4. The zero-order chi connectivity index (χ0) is 25.6. The van der Waals surface area contributed by atoms with E-state index in [-0.39, 0.29) is 29.3 Å². The number of rotatable bonds is 5. The molecule has 1 aromatic heterocycles. The van der Waals surface area contributed by atoms with E-state index in [4.69, 9.17) is 5.73 Å². The molecule has 2 atom stereocenters. The number of aryl methyl sites for hydroxylation is 2. The van der Waals surface area contributed by atoms with Gasteiger partial charge in [0.25, 0.3) is 0 Å². The summed E-state index contributed by atoms with van der Waals surface area (Å²) in [5, 5.41) is 0. The lowest BCUT2D eigenvalue weighted by Gasteiger charge is -2.40. The van der Waals surface area contributed by atoms with Crippen LogP contribution in [-0.4, -0.2) is 35.8 Å². The Bertz CT molecular complexity index is 1450. The number of benzene rings is 2. The normalized spacial score (nSPS) is 23.5. The summed E-state index contributed by atoms with van der Waals surface area (Å²) in [5.41, 5.74) is 7.72. The average Bonchev–Trinajstić information content (AvgIpc) is 2.78. The Kier molecular flexibility index (Phi) is 6.09. The standard InChI is InChI=1S/C26H27FN4O3S/c1-16-6-5-7-19(10-16)26(4)24(28)31-25(3,15-35(26,33)34)20-11-18(8-9-21(20)27)12-23(32)22-14-29-17(2)13-30-22/h5-11,13-14H,12,15H2,1-4H3,(H2,28,31)/t25-,26-/m0/s1. The van der Waals surface area contributed by atoms with Gasteiger partial charge in [0.1, 0.15) is 22.9 Å². The van der Waals surface area contributed by atoms with Gasteiger partial charge >= 0.3 is 0 Å². The van der Waals surface area contributed by atoms with Crippen LogP contribution in [0, 0.1) is 19.7 Å². The molecular formula is C26H27FN4O3S. The number of halogens is 1. The number of hydrogen-bond donors (Lipinski definition) is 1. The van der Waals surface area contributed by atoms with E-state index in [0.717, 1.165) is 5.56 Å². The van der Waals surface area contributed by atoms with Crippen LogP contribution in [0.25, 0.3) is 0 Å². The first kappa shape index (κ1) is 24.7. The van der Waals surface area contributed by atoms with E-state index >= 15 is 4.39 Å². The zero-order valence-corrected chi connectivity index (χ0v) is 20.9. The minimum absolute atomic E-state index is 0.0476. The highest BCUT2D eigenvalue weighted by Crippen LogP contribution is 2.43. The summed E-state index contributed by atoms with van der Waals surface area (Å²) in [7, 11) is -3.91. The van der Waals surface area contributed by atoms with Crippen molar-refractivity contribution in [2.45, 2.75) is 44.4 Å². The summed E-state index contributed by atoms with van der Waals surface area (Å²) in [5.74, 6) is -1.45. The maximum atomic E-state index is 15.0. The first-order valence-electron chi connectivity index (χ1n) is 11.1. The van der Waals surface area contributed by atoms with Gasteiger partial charge in [-0.3, -0.25) is 14.8 Å². The number of nitrogens with two attached hydrogens (primary N) is 1. The predicted octanol–water partition coefficient (Wildman–Crippen LogP) is 3.57. The van der Waals surface area contributed by atoms with E-state index < -0.39 is 31.7 Å². The number of aliphatic imine (C=N–C) groups is 1. The Morgan fingerprint density at radius 1 is 1.09 bits per heavy atom. The summed E-state index contributed by atoms with van der Waals surface area (Å²) in [6, 6.07) is 11.3. The molecule has 3 aromatic rings. The van der Waals surface area contributed by atoms with Crippen molar-refractivity contribution in [2.75, 3.05) is 5.75 Å². The molecule has 0 saturated carbocycles. The number of amidine groups is 1. The second kappa shape index (κ2) is 8.64. The van der Waals surface area contributed by atoms with Crippen LogP contribution >= 0.6 is 0 Å². The molecular weight excluding hydrogens is 467 g/mol. The third-order valence-corrected chi connectivity index (χ3v) is 9.19. The number of carbonyl (C=O) groups is 1. The van der Waals surface area contributed by atoms with E-state index in [9.17, 15) is 13.2 Å². The number of sulfone groups is 1. The topological polar surface area (TPSA) is 115 Å². The van der Waals surface area contributed by atoms with Crippen LogP contribution in [-0.2, 0) is 26.5 Å². The quantitative estimate of drug-likeness (QED) is 0.542. The molecule has 0 amide bonds. The SMILES string of the molecule is Cc1cccc([C@@]2(C)C(N)=N[C@](C)(c3cc(CC(=O)c4cnc(C)cn4)ccc3F)CS2(=O)=O)c1. The van der Waals surface area contributed by atoms with Crippen LogP contribution in [0.4, 0.5) is 4.39 Å². The Morgan fingerprint density at radius 2 is 1.83 bits per heavy atom. The Morgan fingerprint density at radius 3 is 2.46 bits per heavy atom. The maximum Gasteiger partial charge on any atom is 0.187 e. The fraction of sp³-hybridized carbons (Fsp3) is 0.308. The second-order valence-electron chi connectivity index (χ2n) is 9.39. The number of hydrogen-bond acceptors (Lipinski definition) is 7. The molecule has 182 valence electrons.